The van der Waals surface area contributed by atoms with Crippen LogP contribution in [0.3, 0.4) is 0 Å². The normalized spacial score (nSPS) is 12.0. The summed E-state index contributed by atoms with van der Waals surface area (Å²) in [7, 11) is 3.55. The number of benzene rings is 2. The second-order valence-corrected chi connectivity index (χ2v) is 7.95. The topological polar surface area (TPSA) is 41.6 Å². The minimum absolute atomic E-state index is 0.0976. The molecular formula is C21H21ClN2O2S. The quantitative estimate of drug-likeness (QED) is 0.591. The van der Waals surface area contributed by atoms with Crippen LogP contribution in [0, 0.1) is 0 Å². The summed E-state index contributed by atoms with van der Waals surface area (Å²) in [6, 6.07) is 20.5. The number of carbonyl (C=O) groups excluding carboxylic acids is 1. The number of hydrogen-bond donors (Lipinski definition) is 1. The largest absolute Gasteiger partial charge is 0.497 e. The second-order valence-electron chi connectivity index (χ2n) is 6.16. The molecule has 0 aliphatic rings. The fourth-order valence-corrected chi connectivity index (χ4v) is 4.08. The van der Waals surface area contributed by atoms with Gasteiger partial charge in [0.2, 0.25) is 5.91 Å². The fraction of sp³-hybridized carbons (Fsp3) is 0.190. The molecule has 0 bridgehead atoms. The van der Waals surface area contributed by atoms with Crippen LogP contribution in [0.4, 0.5) is 5.69 Å². The van der Waals surface area contributed by atoms with Gasteiger partial charge < -0.3 is 10.1 Å². The van der Waals surface area contributed by atoms with Gasteiger partial charge in [-0.05, 0) is 36.9 Å². The molecule has 1 N–H and O–H groups in total. The van der Waals surface area contributed by atoms with E-state index in [-0.39, 0.29) is 5.91 Å². The highest BCUT2D eigenvalue weighted by molar-refractivity contribution is 7.16. The Morgan fingerprint density at radius 1 is 1.15 bits per heavy atom. The van der Waals surface area contributed by atoms with Crippen molar-refractivity contribution in [2.24, 2.45) is 0 Å². The fourth-order valence-electron chi connectivity index (χ4n) is 2.93. The van der Waals surface area contributed by atoms with Crippen LogP contribution in [0.25, 0.3) is 0 Å². The molecule has 1 amide bonds. The molecule has 0 saturated heterocycles. The molecule has 1 heterocycles. The first kappa shape index (κ1) is 19.4. The second kappa shape index (κ2) is 9.04. The van der Waals surface area contributed by atoms with Crippen LogP contribution in [0.5, 0.6) is 5.75 Å². The number of halogens is 1. The van der Waals surface area contributed by atoms with Crippen molar-refractivity contribution in [2.75, 3.05) is 19.5 Å². The maximum Gasteiger partial charge on any atom is 0.246 e. The molecule has 0 aliphatic heterocycles. The molecule has 4 nitrogen and oxygen atoms in total. The molecule has 2 aromatic carbocycles. The molecule has 6 heteroatoms. The molecule has 3 rings (SSSR count). The summed E-state index contributed by atoms with van der Waals surface area (Å²) in [6.45, 7) is 0.627. The predicted molar refractivity (Wildman–Crippen MR) is 112 cm³/mol. The summed E-state index contributed by atoms with van der Waals surface area (Å²) in [6.07, 6.45) is 0. The van der Waals surface area contributed by atoms with Crippen molar-refractivity contribution in [1.82, 2.24) is 4.90 Å². The van der Waals surface area contributed by atoms with E-state index >= 15 is 0 Å². The Balaban J connectivity index is 1.83. The van der Waals surface area contributed by atoms with Crippen molar-refractivity contribution >= 4 is 34.5 Å². The van der Waals surface area contributed by atoms with Gasteiger partial charge in [-0.25, -0.2) is 0 Å². The standard InChI is InChI=1S/C21H21ClN2O2S/c1-24(14-18-11-12-19(22)27-18)20(15-7-4-3-5-8-15)21(25)23-16-9-6-10-17(13-16)26-2/h3-13,20H,14H2,1-2H3,(H,23,25)/t20-/m0/s1. The average molecular weight is 401 g/mol. The zero-order valence-electron chi connectivity index (χ0n) is 15.2. The van der Waals surface area contributed by atoms with E-state index in [4.69, 9.17) is 16.3 Å². The van der Waals surface area contributed by atoms with Crippen molar-refractivity contribution in [2.45, 2.75) is 12.6 Å². The third-order valence-electron chi connectivity index (χ3n) is 4.18. The number of amides is 1. The maximum absolute atomic E-state index is 13.1. The molecule has 1 atom stereocenters. The summed E-state index contributed by atoms with van der Waals surface area (Å²) >= 11 is 7.57. The highest BCUT2D eigenvalue weighted by Gasteiger charge is 2.25. The van der Waals surface area contributed by atoms with Crippen LogP contribution in [-0.4, -0.2) is 25.0 Å². The van der Waals surface area contributed by atoms with Crippen LogP contribution in [-0.2, 0) is 11.3 Å². The number of methoxy groups -OCH3 is 1. The van der Waals surface area contributed by atoms with Crippen molar-refractivity contribution in [3.8, 4) is 5.75 Å². The lowest BCUT2D eigenvalue weighted by Gasteiger charge is -2.27. The molecule has 0 unspecified atom stereocenters. The van der Waals surface area contributed by atoms with Crippen molar-refractivity contribution in [3.05, 3.63) is 81.5 Å². The number of anilines is 1. The first-order valence-corrected chi connectivity index (χ1v) is 9.70. The Kier molecular flexibility index (Phi) is 6.50. The highest BCUT2D eigenvalue weighted by Crippen LogP contribution is 2.28. The monoisotopic (exact) mass is 400 g/mol. The van der Waals surface area contributed by atoms with E-state index in [0.717, 1.165) is 14.8 Å². The first-order valence-electron chi connectivity index (χ1n) is 8.51. The van der Waals surface area contributed by atoms with Crippen LogP contribution >= 0.6 is 22.9 Å². The van der Waals surface area contributed by atoms with E-state index in [0.29, 0.717) is 18.0 Å². The van der Waals surface area contributed by atoms with Gasteiger partial charge in [-0.1, -0.05) is 48.0 Å². The zero-order chi connectivity index (χ0) is 19.2. The first-order chi connectivity index (χ1) is 13.1. The van der Waals surface area contributed by atoms with Crippen molar-refractivity contribution in [1.29, 1.82) is 0 Å². The van der Waals surface area contributed by atoms with Crippen LogP contribution in [0.2, 0.25) is 4.34 Å². The van der Waals surface area contributed by atoms with Crippen molar-refractivity contribution < 1.29 is 9.53 Å². The number of thiophene rings is 1. The van der Waals surface area contributed by atoms with Gasteiger partial charge in [-0.2, -0.15) is 0 Å². The Morgan fingerprint density at radius 3 is 2.59 bits per heavy atom. The number of ether oxygens (including phenoxy) is 1. The molecular weight excluding hydrogens is 380 g/mol. The van der Waals surface area contributed by atoms with Gasteiger partial charge in [0.25, 0.3) is 0 Å². The van der Waals surface area contributed by atoms with E-state index in [1.54, 1.807) is 13.2 Å². The lowest BCUT2D eigenvalue weighted by Crippen LogP contribution is -2.34. The average Bonchev–Trinajstić information content (AvgIpc) is 3.07. The summed E-state index contributed by atoms with van der Waals surface area (Å²) in [5.41, 5.74) is 1.64. The van der Waals surface area contributed by atoms with E-state index in [1.165, 1.54) is 11.3 Å². The summed E-state index contributed by atoms with van der Waals surface area (Å²) in [5.74, 6) is 0.602. The van der Waals surface area contributed by atoms with E-state index < -0.39 is 6.04 Å². The highest BCUT2D eigenvalue weighted by atomic mass is 35.5. The molecule has 0 aliphatic carbocycles. The van der Waals surface area contributed by atoms with Gasteiger partial charge >= 0.3 is 0 Å². The number of carbonyl (C=O) groups is 1. The number of nitrogens with one attached hydrogen (secondary N) is 1. The Bertz CT molecular complexity index is 898. The number of rotatable bonds is 7. The van der Waals surface area contributed by atoms with Gasteiger partial charge in [0.05, 0.1) is 11.4 Å². The molecule has 1 aromatic heterocycles. The minimum atomic E-state index is -0.432. The van der Waals surface area contributed by atoms with Crippen LogP contribution < -0.4 is 10.1 Å². The Labute approximate surface area is 168 Å². The lowest BCUT2D eigenvalue weighted by molar-refractivity contribution is -0.121. The summed E-state index contributed by atoms with van der Waals surface area (Å²) in [4.78, 5) is 16.3. The minimum Gasteiger partial charge on any atom is -0.497 e. The lowest BCUT2D eigenvalue weighted by atomic mass is 10.0. The number of nitrogens with zero attached hydrogens (tertiary/aromatic N) is 1. The molecule has 27 heavy (non-hydrogen) atoms. The molecule has 0 radical (unpaired) electrons. The Morgan fingerprint density at radius 2 is 1.93 bits per heavy atom. The van der Waals surface area contributed by atoms with E-state index in [1.807, 2.05) is 72.6 Å². The van der Waals surface area contributed by atoms with Gasteiger partial charge in [0, 0.05) is 23.2 Å². The maximum atomic E-state index is 13.1. The third kappa shape index (κ3) is 5.10. The molecule has 0 spiro atoms. The van der Waals surface area contributed by atoms with Crippen LogP contribution in [0.1, 0.15) is 16.5 Å². The Hall–Kier alpha value is -2.34. The SMILES string of the molecule is COc1cccc(NC(=O)[C@H](c2ccccc2)N(C)Cc2ccc(Cl)s2)c1. The molecule has 140 valence electrons. The molecule has 0 saturated carbocycles. The number of likely N-dealkylation sites (N-methyl/N-ethyl adjacent to an activating group) is 1. The van der Waals surface area contributed by atoms with Gasteiger partial charge in [0.15, 0.2) is 0 Å². The van der Waals surface area contributed by atoms with Gasteiger partial charge in [0.1, 0.15) is 11.8 Å². The summed E-state index contributed by atoms with van der Waals surface area (Å²) < 4.78 is 5.98. The van der Waals surface area contributed by atoms with Crippen molar-refractivity contribution in [3.63, 3.8) is 0 Å². The summed E-state index contributed by atoms with van der Waals surface area (Å²) in [5, 5.41) is 3.00. The van der Waals surface area contributed by atoms with E-state index in [2.05, 4.69) is 5.32 Å². The molecule has 3 aromatic rings. The van der Waals surface area contributed by atoms with E-state index in [9.17, 15) is 4.79 Å². The molecule has 0 fully saturated rings. The number of hydrogen-bond acceptors (Lipinski definition) is 4. The van der Waals surface area contributed by atoms with Gasteiger partial charge in [-0.15, -0.1) is 11.3 Å². The van der Waals surface area contributed by atoms with Gasteiger partial charge in [-0.3, -0.25) is 9.69 Å². The van der Waals surface area contributed by atoms with Crippen LogP contribution in [0.15, 0.2) is 66.7 Å². The predicted octanol–water partition coefficient (Wildman–Crippen LogP) is 5.22. The smallest absolute Gasteiger partial charge is 0.246 e. The zero-order valence-corrected chi connectivity index (χ0v) is 16.8. The third-order valence-corrected chi connectivity index (χ3v) is 5.39.